The molecular weight excluding hydrogens is 202 g/mol. The Hall–Kier alpha value is -0.650. The summed E-state index contributed by atoms with van der Waals surface area (Å²) in [6.07, 6.45) is 4.21. The number of hydrogen-bond acceptors (Lipinski definition) is 3. The maximum atomic E-state index is 11.0. The molecule has 4 nitrogen and oxygen atoms in total. The fourth-order valence-electron chi connectivity index (χ4n) is 1.39. The Kier molecular flexibility index (Phi) is 5.68. The highest BCUT2D eigenvalue weighted by atomic mass is 32.2. The van der Waals surface area contributed by atoms with E-state index in [1.54, 1.807) is 12.2 Å². The van der Waals surface area contributed by atoms with E-state index in [0.29, 0.717) is 12.8 Å². The van der Waals surface area contributed by atoms with Crippen molar-refractivity contribution >= 4 is 10.1 Å². The summed E-state index contributed by atoms with van der Waals surface area (Å²) >= 11 is 0. The van der Waals surface area contributed by atoms with Gasteiger partial charge in [0.15, 0.2) is 0 Å². The monoisotopic (exact) mass is 219 g/mol. The van der Waals surface area contributed by atoms with Crippen molar-refractivity contribution in [3.8, 4) is 0 Å². The molecule has 0 aliphatic rings. The third-order valence-corrected chi connectivity index (χ3v) is 3.42. The zero-order valence-corrected chi connectivity index (χ0v) is 8.91. The molecule has 0 rings (SSSR count). The van der Waals surface area contributed by atoms with Crippen LogP contribution in [0.4, 0.5) is 0 Å². The highest BCUT2D eigenvalue weighted by Gasteiger charge is 2.29. The number of hydrogen-bond donors (Lipinski definition) is 2. The highest BCUT2D eigenvalue weighted by molar-refractivity contribution is 7.86. The quantitative estimate of drug-likeness (QED) is 0.494. The molecule has 0 aliphatic heterocycles. The lowest BCUT2D eigenvalue weighted by atomic mass is 9.97. The molecule has 82 valence electrons. The molecule has 1 atom stereocenters. The summed E-state index contributed by atoms with van der Waals surface area (Å²) in [6.45, 7) is 6.97. The van der Waals surface area contributed by atoms with E-state index in [-0.39, 0.29) is 12.5 Å². The summed E-state index contributed by atoms with van der Waals surface area (Å²) in [4.78, 5) is 0. The van der Waals surface area contributed by atoms with Crippen LogP contribution in [0.25, 0.3) is 0 Å². The first-order valence-corrected chi connectivity index (χ1v) is 5.85. The van der Waals surface area contributed by atoms with Crippen LogP contribution >= 0.6 is 0 Å². The number of nitrogens with two attached hydrogens (primary N) is 1. The Morgan fingerprint density at radius 1 is 1.29 bits per heavy atom. The Labute approximate surface area is 85.2 Å². The number of rotatable bonds is 7. The van der Waals surface area contributed by atoms with Gasteiger partial charge in [0.2, 0.25) is 0 Å². The van der Waals surface area contributed by atoms with Crippen LogP contribution in [0, 0.1) is 5.92 Å². The maximum Gasteiger partial charge on any atom is 0.269 e. The molecule has 0 fully saturated rings. The normalized spacial score (nSPS) is 13.9. The van der Waals surface area contributed by atoms with Crippen LogP contribution in [-0.2, 0) is 10.1 Å². The standard InChI is InChI=1S/C9H17NO3S/c1-3-5-8(6-4-2)9(7-10)14(11,12)13/h3-4,8-9H,1-2,5-7,10H2,(H,11,12,13). The molecule has 0 aromatic heterocycles. The molecule has 0 spiro atoms. The second kappa shape index (κ2) is 5.95. The summed E-state index contributed by atoms with van der Waals surface area (Å²) < 4.78 is 30.8. The minimum absolute atomic E-state index is 0.0921. The van der Waals surface area contributed by atoms with Crippen LogP contribution in [-0.4, -0.2) is 24.8 Å². The van der Waals surface area contributed by atoms with Crippen molar-refractivity contribution < 1.29 is 13.0 Å². The lowest BCUT2D eigenvalue weighted by molar-refractivity contribution is 0.422. The molecule has 0 amide bonds. The van der Waals surface area contributed by atoms with E-state index in [1.165, 1.54) is 0 Å². The molecule has 0 radical (unpaired) electrons. The zero-order chi connectivity index (χ0) is 11.2. The highest BCUT2D eigenvalue weighted by Crippen LogP contribution is 2.19. The zero-order valence-electron chi connectivity index (χ0n) is 8.09. The molecule has 5 heteroatoms. The van der Waals surface area contributed by atoms with Gasteiger partial charge in [0.1, 0.15) is 5.25 Å². The molecule has 0 saturated carbocycles. The van der Waals surface area contributed by atoms with E-state index in [1.807, 2.05) is 0 Å². The fraction of sp³-hybridized carbons (Fsp3) is 0.556. The van der Waals surface area contributed by atoms with Gasteiger partial charge in [-0.3, -0.25) is 4.55 Å². The van der Waals surface area contributed by atoms with E-state index in [4.69, 9.17) is 10.3 Å². The van der Waals surface area contributed by atoms with E-state index in [9.17, 15) is 8.42 Å². The Morgan fingerprint density at radius 2 is 1.71 bits per heavy atom. The minimum Gasteiger partial charge on any atom is -0.329 e. The summed E-state index contributed by atoms with van der Waals surface area (Å²) in [5, 5.41) is -0.932. The predicted octanol–water partition coefficient (Wildman–Crippen LogP) is 0.970. The smallest absolute Gasteiger partial charge is 0.269 e. The SMILES string of the molecule is C=CCC(CC=C)C(CN)S(=O)(=O)O. The third kappa shape index (κ3) is 4.04. The summed E-state index contributed by atoms with van der Waals surface area (Å²) in [5.74, 6) is -0.245. The van der Waals surface area contributed by atoms with Gasteiger partial charge in [0.05, 0.1) is 0 Å². The minimum atomic E-state index is -4.08. The molecular formula is C9H17NO3S. The van der Waals surface area contributed by atoms with Gasteiger partial charge in [0, 0.05) is 6.54 Å². The summed E-state index contributed by atoms with van der Waals surface area (Å²) in [6, 6.07) is 0. The molecule has 0 aliphatic carbocycles. The van der Waals surface area contributed by atoms with E-state index in [2.05, 4.69) is 13.2 Å². The van der Waals surface area contributed by atoms with Crippen LogP contribution < -0.4 is 5.73 Å². The number of allylic oxidation sites excluding steroid dienone is 2. The van der Waals surface area contributed by atoms with Crippen molar-refractivity contribution in [3.05, 3.63) is 25.3 Å². The predicted molar refractivity (Wildman–Crippen MR) is 57.5 cm³/mol. The molecule has 0 heterocycles. The average Bonchev–Trinajstić information content (AvgIpc) is 2.03. The average molecular weight is 219 g/mol. The van der Waals surface area contributed by atoms with E-state index < -0.39 is 15.4 Å². The van der Waals surface area contributed by atoms with Crippen molar-refractivity contribution in [3.63, 3.8) is 0 Å². The van der Waals surface area contributed by atoms with Crippen molar-refractivity contribution in [2.75, 3.05) is 6.54 Å². The largest absolute Gasteiger partial charge is 0.329 e. The molecule has 14 heavy (non-hydrogen) atoms. The van der Waals surface area contributed by atoms with Gasteiger partial charge >= 0.3 is 0 Å². The molecule has 0 bridgehead atoms. The topological polar surface area (TPSA) is 80.4 Å². The van der Waals surface area contributed by atoms with Crippen LogP contribution in [0.15, 0.2) is 25.3 Å². The lowest BCUT2D eigenvalue weighted by Gasteiger charge is -2.20. The summed E-state index contributed by atoms with van der Waals surface area (Å²) in [7, 11) is -4.08. The van der Waals surface area contributed by atoms with Crippen LogP contribution in [0.1, 0.15) is 12.8 Å². The molecule has 0 saturated heterocycles. The van der Waals surface area contributed by atoms with Crippen LogP contribution in [0.5, 0.6) is 0 Å². The first-order chi connectivity index (χ1) is 6.47. The van der Waals surface area contributed by atoms with Crippen LogP contribution in [0.2, 0.25) is 0 Å². The third-order valence-electron chi connectivity index (χ3n) is 2.08. The Bertz CT molecular complexity index is 274. The van der Waals surface area contributed by atoms with Gasteiger partial charge in [0.25, 0.3) is 10.1 Å². The van der Waals surface area contributed by atoms with Crippen LogP contribution in [0.3, 0.4) is 0 Å². The van der Waals surface area contributed by atoms with E-state index >= 15 is 0 Å². The van der Waals surface area contributed by atoms with Gasteiger partial charge in [-0.25, -0.2) is 0 Å². The summed E-state index contributed by atoms with van der Waals surface area (Å²) in [5.41, 5.74) is 5.31. The van der Waals surface area contributed by atoms with E-state index in [0.717, 1.165) is 0 Å². The molecule has 1 unspecified atom stereocenters. The Morgan fingerprint density at radius 3 is 1.93 bits per heavy atom. The van der Waals surface area contributed by atoms with Crippen molar-refractivity contribution in [2.45, 2.75) is 18.1 Å². The molecule has 3 N–H and O–H groups in total. The van der Waals surface area contributed by atoms with Crippen molar-refractivity contribution in [1.29, 1.82) is 0 Å². The second-order valence-electron chi connectivity index (χ2n) is 3.10. The first-order valence-electron chi connectivity index (χ1n) is 4.35. The Balaban J connectivity index is 4.74. The molecule has 0 aromatic rings. The van der Waals surface area contributed by atoms with Gasteiger partial charge in [-0.1, -0.05) is 12.2 Å². The van der Waals surface area contributed by atoms with Gasteiger partial charge < -0.3 is 5.73 Å². The molecule has 0 aromatic carbocycles. The van der Waals surface area contributed by atoms with Gasteiger partial charge in [-0.2, -0.15) is 8.42 Å². The lowest BCUT2D eigenvalue weighted by Crippen LogP contribution is -2.36. The maximum absolute atomic E-state index is 11.0. The van der Waals surface area contributed by atoms with Crippen molar-refractivity contribution in [2.24, 2.45) is 11.7 Å². The second-order valence-corrected chi connectivity index (χ2v) is 4.73. The van der Waals surface area contributed by atoms with Crippen molar-refractivity contribution in [1.82, 2.24) is 0 Å². The fourth-order valence-corrected chi connectivity index (χ4v) is 2.34. The van der Waals surface area contributed by atoms with Gasteiger partial charge in [-0.05, 0) is 18.8 Å². The van der Waals surface area contributed by atoms with Gasteiger partial charge in [-0.15, -0.1) is 13.2 Å². The first kappa shape index (κ1) is 13.4.